The highest BCUT2D eigenvalue weighted by molar-refractivity contribution is 5.96. The van der Waals surface area contributed by atoms with Crippen LogP contribution in [0.25, 0.3) is 11.3 Å². The number of benzene rings is 2. The standard InChI is InChI=1S/C29H36N4O5/c1-21(2)31-13-8-14-33(28(34)20-36-3)26-12-6-5-9-23(26)19-32(16-15-31)29(35)25-18-27(38-30-25)22-10-7-11-24(17-22)37-4/h5-7,9-12,17-18,21H,8,13-16,19-20H2,1-4H3. The Morgan fingerprint density at radius 2 is 1.82 bits per heavy atom. The highest BCUT2D eigenvalue weighted by Crippen LogP contribution is 2.27. The number of para-hydroxylation sites is 1. The molecular formula is C29H36N4O5. The van der Waals surface area contributed by atoms with Crippen LogP contribution in [0.5, 0.6) is 5.75 Å². The van der Waals surface area contributed by atoms with E-state index < -0.39 is 0 Å². The first-order chi connectivity index (χ1) is 18.4. The van der Waals surface area contributed by atoms with Crippen molar-refractivity contribution in [3.8, 4) is 17.1 Å². The number of methoxy groups -OCH3 is 2. The summed E-state index contributed by atoms with van der Waals surface area (Å²) < 4.78 is 16.0. The van der Waals surface area contributed by atoms with Crippen molar-refractivity contribution in [2.45, 2.75) is 32.9 Å². The Balaban J connectivity index is 1.67. The van der Waals surface area contributed by atoms with Crippen LogP contribution in [0, 0.1) is 0 Å². The molecule has 1 aliphatic heterocycles. The van der Waals surface area contributed by atoms with Gasteiger partial charge in [-0.15, -0.1) is 0 Å². The smallest absolute Gasteiger partial charge is 0.276 e. The minimum absolute atomic E-state index is 0.00311. The highest BCUT2D eigenvalue weighted by Gasteiger charge is 2.26. The van der Waals surface area contributed by atoms with Gasteiger partial charge in [0, 0.05) is 63.2 Å². The molecule has 0 atom stereocenters. The Bertz CT molecular complexity index is 1240. The van der Waals surface area contributed by atoms with E-state index in [-0.39, 0.29) is 24.1 Å². The van der Waals surface area contributed by atoms with Crippen molar-refractivity contribution in [2.75, 3.05) is 51.9 Å². The lowest BCUT2D eigenvalue weighted by atomic mass is 10.1. The second-order valence-corrected chi connectivity index (χ2v) is 9.63. The third-order valence-corrected chi connectivity index (χ3v) is 6.80. The van der Waals surface area contributed by atoms with Crippen LogP contribution < -0.4 is 9.64 Å². The number of carbonyl (C=O) groups excluding carboxylic acids is 2. The quantitative estimate of drug-likeness (QED) is 0.484. The van der Waals surface area contributed by atoms with Crippen LogP contribution in [0.4, 0.5) is 5.69 Å². The van der Waals surface area contributed by atoms with Crippen LogP contribution in [0.1, 0.15) is 36.3 Å². The molecule has 0 saturated carbocycles. The molecule has 0 bridgehead atoms. The molecule has 9 nitrogen and oxygen atoms in total. The van der Waals surface area contributed by atoms with Gasteiger partial charge in [-0.25, -0.2) is 0 Å². The molecule has 0 fully saturated rings. The summed E-state index contributed by atoms with van der Waals surface area (Å²) in [6.45, 7) is 7.22. The van der Waals surface area contributed by atoms with Crippen molar-refractivity contribution >= 4 is 17.5 Å². The summed E-state index contributed by atoms with van der Waals surface area (Å²) in [4.78, 5) is 32.7. The molecule has 1 aromatic heterocycles. The summed E-state index contributed by atoms with van der Waals surface area (Å²) in [7, 11) is 3.13. The van der Waals surface area contributed by atoms with Gasteiger partial charge in [-0.1, -0.05) is 35.5 Å². The minimum Gasteiger partial charge on any atom is -0.497 e. The summed E-state index contributed by atoms with van der Waals surface area (Å²) in [5, 5.41) is 4.11. The number of amides is 2. The molecule has 0 radical (unpaired) electrons. The summed E-state index contributed by atoms with van der Waals surface area (Å²) in [5.74, 6) is 0.852. The predicted molar refractivity (Wildman–Crippen MR) is 145 cm³/mol. The second kappa shape index (κ2) is 12.7. The number of nitrogens with zero attached hydrogens (tertiary/aromatic N) is 4. The van der Waals surface area contributed by atoms with Crippen molar-refractivity contribution in [3.63, 3.8) is 0 Å². The van der Waals surface area contributed by atoms with E-state index in [0.717, 1.165) is 29.8 Å². The topological polar surface area (TPSA) is 88.4 Å². The Kier molecular flexibility index (Phi) is 9.15. The van der Waals surface area contributed by atoms with E-state index in [1.165, 1.54) is 7.11 Å². The number of fused-ring (bicyclic) bond motifs is 1. The lowest BCUT2D eigenvalue weighted by Crippen LogP contribution is -2.41. The number of aromatic nitrogens is 1. The molecule has 1 aliphatic rings. The van der Waals surface area contributed by atoms with Crippen molar-refractivity contribution in [1.82, 2.24) is 15.0 Å². The summed E-state index contributed by atoms with van der Waals surface area (Å²) >= 11 is 0. The van der Waals surface area contributed by atoms with Gasteiger partial charge in [-0.2, -0.15) is 0 Å². The number of rotatable bonds is 6. The molecule has 2 heterocycles. The molecule has 2 amide bonds. The van der Waals surface area contributed by atoms with Crippen LogP contribution in [0.15, 0.2) is 59.1 Å². The Labute approximate surface area is 223 Å². The first kappa shape index (κ1) is 27.3. The van der Waals surface area contributed by atoms with E-state index in [0.29, 0.717) is 43.7 Å². The van der Waals surface area contributed by atoms with Gasteiger partial charge in [0.1, 0.15) is 12.4 Å². The SMILES string of the molecule is COCC(=O)N1CCCN(C(C)C)CCN(C(=O)c2cc(-c3cccc(OC)c3)on2)Cc2ccccc21. The molecule has 38 heavy (non-hydrogen) atoms. The molecule has 2 aromatic carbocycles. The Hall–Kier alpha value is -3.69. The van der Waals surface area contributed by atoms with E-state index in [1.807, 2.05) is 48.5 Å². The van der Waals surface area contributed by atoms with E-state index >= 15 is 0 Å². The van der Waals surface area contributed by atoms with Gasteiger partial charge >= 0.3 is 0 Å². The third kappa shape index (κ3) is 6.41. The molecule has 0 N–H and O–H groups in total. The van der Waals surface area contributed by atoms with Crippen LogP contribution >= 0.6 is 0 Å². The van der Waals surface area contributed by atoms with Crippen LogP contribution in [-0.4, -0.2) is 79.8 Å². The molecule has 202 valence electrons. The van der Waals surface area contributed by atoms with Crippen molar-refractivity contribution in [2.24, 2.45) is 0 Å². The molecule has 4 rings (SSSR count). The number of anilines is 1. The molecule has 0 aliphatic carbocycles. The fraction of sp³-hybridized carbons (Fsp3) is 0.414. The third-order valence-electron chi connectivity index (χ3n) is 6.80. The lowest BCUT2D eigenvalue weighted by Gasteiger charge is -2.29. The monoisotopic (exact) mass is 520 g/mol. The second-order valence-electron chi connectivity index (χ2n) is 9.63. The molecule has 9 heteroatoms. The average Bonchev–Trinajstić information content (AvgIpc) is 3.41. The maximum absolute atomic E-state index is 13.8. The fourth-order valence-corrected chi connectivity index (χ4v) is 4.71. The van der Waals surface area contributed by atoms with Gasteiger partial charge in [-0.3, -0.25) is 14.5 Å². The summed E-state index contributed by atoms with van der Waals surface area (Å²) in [6.07, 6.45) is 0.809. The Morgan fingerprint density at radius 3 is 2.58 bits per heavy atom. The normalized spacial score (nSPS) is 15.2. The van der Waals surface area contributed by atoms with Gasteiger partial charge in [0.2, 0.25) is 0 Å². The fourth-order valence-electron chi connectivity index (χ4n) is 4.71. The van der Waals surface area contributed by atoms with Crippen molar-refractivity contribution < 1.29 is 23.6 Å². The maximum atomic E-state index is 13.8. The number of carbonyl (C=O) groups is 2. The predicted octanol–water partition coefficient (Wildman–Crippen LogP) is 4.09. The van der Waals surface area contributed by atoms with E-state index in [2.05, 4.69) is 23.9 Å². The van der Waals surface area contributed by atoms with E-state index in [4.69, 9.17) is 14.0 Å². The molecule has 0 spiro atoms. The van der Waals surface area contributed by atoms with E-state index in [1.54, 1.807) is 23.0 Å². The largest absolute Gasteiger partial charge is 0.497 e. The van der Waals surface area contributed by atoms with Gasteiger partial charge in [-0.05, 0) is 44.0 Å². The van der Waals surface area contributed by atoms with Crippen LogP contribution in [-0.2, 0) is 16.1 Å². The van der Waals surface area contributed by atoms with E-state index in [9.17, 15) is 9.59 Å². The first-order valence-corrected chi connectivity index (χ1v) is 12.9. The molecular weight excluding hydrogens is 484 g/mol. The van der Waals surface area contributed by atoms with Gasteiger partial charge in [0.05, 0.1) is 7.11 Å². The number of hydrogen-bond acceptors (Lipinski definition) is 7. The maximum Gasteiger partial charge on any atom is 0.276 e. The molecule has 3 aromatic rings. The summed E-state index contributed by atoms with van der Waals surface area (Å²) in [6, 6.07) is 17.1. The van der Waals surface area contributed by atoms with Gasteiger partial charge < -0.3 is 23.8 Å². The Morgan fingerprint density at radius 1 is 1.00 bits per heavy atom. The van der Waals surface area contributed by atoms with Gasteiger partial charge in [0.15, 0.2) is 11.5 Å². The lowest BCUT2D eigenvalue weighted by molar-refractivity contribution is -0.122. The number of ether oxygens (including phenoxy) is 2. The zero-order chi connectivity index (χ0) is 27.1. The van der Waals surface area contributed by atoms with Crippen LogP contribution in [0.2, 0.25) is 0 Å². The molecule has 0 unspecified atom stereocenters. The highest BCUT2D eigenvalue weighted by atomic mass is 16.5. The first-order valence-electron chi connectivity index (χ1n) is 12.9. The zero-order valence-corrected chi connectivity index (χ0v) is 22.6. The van der Waals surface area contributed by atoms with Crippen molar-refractivity contribution in [3.05, 3.63) is 65.9 Å². The van der Waals surface area contributed by atoms with Gasteiger partial charge in [0.25, 0.3) is 11.8 Å². The van der Waals surface area contributed by atoms with Crippen LogP contribution in [0.3, 0.4) is 0 Å². The summed E-state index contributed by atoms with van der Waals surface area (Å²) in [5.41, 5.74) is 2.69. The van der Waals surface area contributed by atoms with Crippen molar-refractivity contribution in [1.29, 1.82) is 0 Å². The molecule has 0 saturated heterocycles. The average molecular weight is 521 g/mol. The minimum atomic E-state index is -0.226. The zero-order valence-electron chi connectivity index (χ0n) is 22.6. The number of hydrogen-bond donors (Lipinski definition) is 0.